The van der Waals surface area contributed by atoms with Gasteiger partial charge in [0.1, 0.15) is 5.78 Å². The summed E-state index contributed by atoms with van der Waals surface area (Å²) in [6.45, 7) is 10.1. The van der Waals surface area contributed by atoms with Crippen molar-refractivity contribution in [1.29, 1.82) is 0 Å². The van der Waals surface area contributed by atoms with Gasteiger partial charge in [0, 0.05) is 17.4 Å². The van der Waals surface area contributed by atoms with Crippen LogP contribution < -0.4 is 0 Å². The average Bonchev–Trinajstić information content (AvgIpc) is 2.69. The highest BCUT2D eigenvalue weighted by molar-refractivity contribution is 5.86. The smallest absolute Gasteiger partial charge is 0.307 e. The number of rotatable bonds is 3. The summed E-state index contributed by atoms with van der Waals surface area (Å²) in [5.74, 6) is -3.37. The number of aliphatic carboxylic acids is 1. The van der Waals surface area contributed by atoms with Crippen LogP contribution in [0.5, 0.6) is 0 Å². The third-order valence-electron chi connectivity index (χ3n) is 11.2. The zero-order chi connectivity index (χ0) is 23.9. The highest BCUT2D eigenvalue weighted by Gasteiger charge is 2.71. The van der Waals surface area contributed by atoms with Gasteiger partial charge in [-0.05, 0) is 74.0 Å². The van der Waals surface area contributed by atoms with Crippen LogP contribution in [0.1, 0.15) is 79.6 Å². The molecule has 0 unspecified atom stereocenters. The van der Waals surface area contributed by atoms with Crippen LogP contribution in [0.25, 0.3) is 0 Å². The molecular weight excluding hydrogens is 408 g/mol. The monoisotopic (exact) mass is 450 g/mol. The van der Waals surface area contributed by atoms with Gasteiger partial charge in [0.15, 0.2) is 0 Å². The first kappa shape index (κ1) is 24.2. The number of carbonyl (C=O) groups is 2. The molecule has 4 rings (SSSR count). The van der Waals surface area contributed by atoms with Crippen LogP contribution in [-0.2, 0) is 9.59 Å². The number of ketones is 1. The maximum atomic E-state index is 12.5. The predicted octanol–water partition coefficient (Wildman–Crippen LogP) is 3.27. The van der Waals surface area contributed by atoms with E-state index in [1.54, 1.807) is 0 Å². The van der Waals surface area contributed by atoms with Gasteiger partial charge in [0.25, 0.3) is 0 Å². The van der Waals surface area contributed by atoms with Gasteiger partial charge >= 0.3 is 5.97 Å². The van der Waals surface area contributed by atoms with E-state index in [2.05, 4.69) is 20.8 Å². The summed E-state index contributed by atoms with van der Waals surface area (Å²) in [5.41, 5.74) is -1.49. The Labute approximate surface area is 191 Å². The molecule has 10 atom stereocenters. The molecule has 4 N–H and O–H groups in total. The minimum atomic E-state index is -1.12. The molecular formula is C26H42O6. The highest BCUT2D eigenvalue weighted by Crippen LogP contribution is 2.73. The largest absolute Gasteiger partial charge is 0.481 e. The Kier molecular flexibility index (Phi) is 5.67. The molecule has 0 aromatic heterocycles. The Balaban J connectivity index is 1.84. The Morgan fingerprint density at radius 2 is 1.59 bits per heavy atom. The molecule has 4 saturated carbocycles. The Morgan fingerprint density at radius 1 is 0.938 bits per heavy atom. The van der Waals surface area contributed by atoms with E-state index in [1.165, 1.54) is 6.92 Å². The number of fused-ring (bicyclic) bond motifs is 5. The summed E-state index contributed by atoms with van der Waals surface area (Å²) in [4.78, 5) is 24.9. The molecule has 182 valence electrons. The van der Waals surface area contributed by atoms with Crippen LogP contribution in [0.2, 0.25) is 0 Å². The first-order chi connectivity index (χ1) is 14.8. The van der Waals surface area contributed by atoms with E-state index in [-0.39, 0.29) is 40.5 Å². The molecule has 6 nitrogen and oxygen atoms in total. The molecule has 0 spiro atoms. The van der Waals surface area contributed by atoms with E-state index in [4.69, 9.17) is 0 Å². The molecule has 0 amide bonds. The van der Waals surface area contributed by atoms with E-state index >= 15 is 0 Å². The average molecular weight is 451 g/mol. The van der Waals surface area contributed by atoms with Crippen LogP contribution in [0.3, 0.4) is 0 Å². The maximum absolute atomic E-state index is 12.5. The minimum Gasteiger partial charge on any atom is -0.481 e. The van der Waals surface area contributed by atoms with Gasteiger partial charge in [0.05, 0.1) is 24.0 Å². The first-order valence-electron chi connectivity index (χ1n) is 12.5. The molecule has 0 aliphatic heterocycles. The maximum Gasteiger partial charge on any atom is 0.307 e. The van der Waals surface area contributed by atoms with Crippen molar-refractivity contribution in [3.05, 3.63) is 0 Å². The van der Waals surface area contributed by atoms with Crippen molar-refractivity contribution in [2.24, 2.45) is 51.2 Å². The van der Waals surface area contributed by atoms with Crippen molar-refractivity contribution in [3.63, 3.8) is 0 Å². The Hall–Kier alpha value is -0.980. The third kappa shape index (κ3) is 2.94. The number of hydrogen-bond acceptors (Lipinski definition) is 5. The van der Waals surface area contributed by atoms with Gasteiger partial charge in [-0.15, -0.1) is 0 Å². The zero-order valence-corrected chi connectivity index (χ0v) is 20.3. The third-order valence-corrected chi connectivity index (χ3v) is 11.2. The lowest BCUT2D eigenvalue weighted by Gasteiger charge is -2.71. The van der Waals surface area contributed by atoms with Crippen molar-refractivity contribution in [3.8, 4) is 0 Å². The molecule has 0 aromatic carbocycles. The predicted molar refractivity (Wildman–Crippen MR) is 120 cm³/mol. The van der Waals surface area contributed by atoms with Crippen LogP contribution in [0, 0.1) is 51.2 Å². The normalized spacial score (nSPS) is 52.3. The molecule has 0 saturated heterocycles. The number of carbonyl (C=O) groups excluding carboxylic acids is 1. The fourth-order valence-corrected chi connectivity index (χ4v) is 9.89. The van der Waals surface area contributed by atoms with Crippen molar-refractivity contribution >= 4 is 11.8 Å². The molecule has 0 radical (unpaired) electrons. The second-order valence-corrected chi connectivity index (χ2v) is 12.8. The van der Waals surface area contributed by atoms with Crippen molar-refractivity contribution < 1.29 is 30.0 Å². The summed E-state index contributed by atoms with van der Waals surface area (Å²) in [6.07, 6.45) is 3.81. The summed E-state index contributed by atoms with van der Waals surface area (Å²) < 4.78 is 0. The van der Waals surface area contributed by atoms with E-state index < -0.39 is 35.4 Å². The van der Waals surface area contributed by atoms with E-state index in [0.29, 0.717) is 18.8 Å². The second kappa shape index (κ2) is 7.51. The fourth-order valence-electron chi connectivity index (χ4n) is 9.89. The minimum absolute atomic E-state index is 0.0573. The number of hydrogen-bond donors (Lipinski definition) is 4. The first-order valence-corrected chi connectivity index (χ1v) is 12.5. The molecule has 4 aliphatic rings. The lowest BCUT2D eigenvalue weighted by atomic mass is 9.33. The van der Waals surface area contributed by atoms with Gasteiger partial charge in [-0.3, -0.25) is 9.59 Å². The van der Waals surface area contributed by atoms with Gasteiger partial charge in [0.2, 0.25) is 0 Å². The lowest BCUT2D eigenvalue weighted by molar-refractivity contribution is -0.270. The summed E-state index contributed by atoms with van der Waals surface area (Å²) in [7, 11) is 0. The van der Waals surface area contributed by atoms with E-state index in [9.17, 15) is 30.0 Å². The fraction of sp³-hybridized carbons (Fsp3) is 0.923. The highest BCUT2D eigenvalue weighted by atomic mass is 16.4. The van der Waals surface area contributed by atoms with Crippen molar-refractivity contribution in [2.45, 2.75) is 91.8 Å². The SMILES string of the molecule is CC(=O)[C@@H]1[C@@H](O)C[C@H]2[C@]3(C)CC[C@H]4C(C)(C)CCC[C@]4(CO)[C@H]3C[C@@H](O)[C@]2(C)[C@H]1C(=O)O. The van der Waals surface area contributed by atoms with E-state index in [0.717, 1.165) is 32.1 Å². The number of aliphatic hydroxyl groups excluding tert-OH is 3. The topological polar surface area (TPSA) is 115 Å². The summed E-state index contributed by atoms with van der Waals surface area (Å²) >= 11 is 0. The van der Waals surface area contributed by atoms with Gasteiger partial charge < -0.3 is 20.4 Å². The van der Waals surface area contributed by atoms with E-state index in [1.807, 2.05) is 6.92 Å². The number of Topliss-reactive ketones (excluding diaryl/α,β-unsaturated/α-hetero) is 1. The summed E-state index contributed by atoms with van der Waals surface area (Å²) in [5, 5.41) is 43.7. The molecule has 0 bridgehead atoms. The van der Waals surface area contributed by atoms with Gasteiger partial charge in [-0.2, -0.15) is 0 Å². The Bertz CT molecular complexity index is 793. The lowest BCUT2D eigenvalue weighted by Crippen LogP contribution is -2.70. The second-order valence-electron chi connectivity index (χ2n) is 12.8. The Morgan fingerprint density at radius 3 is 2.16 bits per heavy atom. The van der Waals surface area contributed by atoms with Crippen molar-refractivity contribution in [2.75, 3.05) is 6.61 Å². The molecule has 32 heavy (non-hydrogen) atoms. The molecule has 0 aromatic rings. The van der Waals surface area contributed by atoms with Crippen LogP contribution >= 0.6 is 0 Å². The van der Waals surface area contributed by atoms with Crippen LogP contribution in [0.4, 0.5) is 0 Å². The molecule has 4 fully saturated rings. The molecule has 0 heterocycles. The van der Waals surface area contributed by atoms with Crippen LogP contribution in [0.15, 0.2) is 0 Å². The number of aliphatic hydroxyl groups is 3. The molecule has 6 heteroatoms. The zero-order valence-electron chi connectivity index (χ0n) is 20.3. The van der Waals surface area contributed by atoms with Gasteiger partial charge in [-0.1, -0.05) is 34.1 Å². The van der Waals surface area contributed by atoms with Gasteiger partial charge in [-0.25, -0.2) is 0 Å². The summed E-state index contributed by atoms with van der Waals surface area (Å²) in [6, 6.07) is 0. The van der Waals surface area contributed by atoms with Crippen LogP contribution in [-0.4, -0.2) is 51.0 Å². The number of carboxylic acids is 1. The number of carboxylic acid groups (broad SMARTS) is 1. The quantitative estimate of drug-likeness (QED) is 0.525. The van der Waals surface area contributed by atoms with Crippen molar-refractivity contribution in [1.82, 2.24) is 0 Å². The standard InChI is InChI=1S/C26H42O6/c1-14(28)20-15(29)11-17-24(4)10-7-16-23(2,3)8-6-9-26(16,13-27)18(24)12-19(30)25(17,5)21(20)22(31)32/h15-21,27,29-30H,6-13H2,1-5H3,(H,31,32)/t15-,16-,17-,18-,19+,20+,21+,24-,25+,26+/m0/s1. The molecule has 4 aliphatic carbocycles.